The normalized spacial score (nSPS) is 12.3. The minimum Gasteiger partial charge on any atom is -0.505 e. The van der Waals surface area contributed by atoms with Gasteiger partial charge < -0.3 is 20.6 Å². The van der Waals surface area contributed by atoms with Crippen molar-refractivity contribution < 1.29 is 18.7 Å². The third-order valence-corrected chi connectivity index (χ3v) is 6.21. The van der Waals surface area contributed by atoms with E-state index in [1.165, 1.54) is 57.4 Å². The average molecular weight is 494 g/mol. The summed E-state index contributed by atoms with van der Waals surface area (Å²) in [6.45, 7) is 0.713. The second-order valence-corrected chi connectivity index (χ2v) is 8.96. The largest absolute Gasteiger partial charge is 0.505 e. The van der Waals surface area contributed by atoms with E-state index in [1.54, 1.807) is 11.4 Å². The van der Waals surface area contributed by atoms with Crippen molar-refractivity contribution in [1.82, 2.24) is 14.3 Å². The van der Waals surface area contributed by atoms with E-state index in [9.17, 15) is 28.3 Å². The summed E-state index contributed by atoms with van der Waals surface area (Å²) < 4.78 is 31.1. The van der Waals surface area contributed by atoms with Crippen molar-refractivity contribution in [2.75, 3.05) is 24.7 Å². The lowest BCUT2D eigenvalue weighted by Crippen LogP contribution is -2.40. The van der Waals surface area contributed by atoms with E-state index >= 15 is 0 Å². The number of rotatable bonds is 7. The Morgan fingerprint density at radius 3 is 2.24 bits per heavy atom. The maximum absolute atomic E-state index is 14.5. The molecule has 0 aliphatic heterocycles. The Hall–Kier alpha value is -3.67. The van der Waals surface area contributed by atoms with Crippen molar-refractivity contribution in [1.29, 1.82) is 0 Å². The fourth-order valence-electron chi connectivity index (χ4n) is 3.30. The third-order valence-electron chi connectivity index (χ3n) is 5.27. The van der Waals surface area contributed by atoms with Crippen molar-refractivity contribution in [3.05, 3.63) is 66.9 Å². The lowest BCUT2D eigenvalue weighted by Gasteiger charge is -2.26. The zero-order valence-electron chi connectivity index (χ0n) is 19.2. The molecule has 0 fully saturated rings. The number of benzene rings is 1. The van der Waals surface area contributed by atoms with Gasteiger partial charge in [0.1, 0.15) is 17.4 Å². The van der Waals surface area contributed by atoms with Gasteiger partial charge in [-0.05, 0) is 23.6 Å². The predicted molar refractivity (Wildman–Crippen MR) is 128 cm³/mol. The summed E-state index contributed by atoms with van der Waals surface area (Å²) >= 11 is 1.08. The Morgan fingerprint density at radius 1 is 1.09 bits per heavy atom. The predicted octanol–water partition coefficient (Wildman–Crippen LogP) is 3.10. The van der Waals surface area contributed by atoms with Crippen molar-refractivity contribution >= 4 is 34.3 Å². The second-order valence-electron chi connectivity index (χ2n) is 7.98. The SMILES string of the molecule is CN(C)C(=O)c1cccc(Nc2c(NC(c3cccs3)C(C)(F)F)c(=O)n(C)n(C)c2=O)c1O. The first-order valence-corrected chi connectivity index (χ1v) is 11.0. The molecule has 0 saturated carbocycles. The molecule has 34 heavy (non-hydrogen) atoms. The maximum atomic E-state index is 14.5. The van der Waals surface area contributed by atoms with Gasteiger partial charge >= 0.3 is 0 Å². The van der Waals surface area contributed by atoms with Gasteiger partial charge in [-0.3, -0.25) is 14.4 Å². The quantitative estimate of drug-likeness (QED) is 0.437. The van der Waals surface area contributed by atoms with Gasteiger partial charge in [-0.2, -0.15) is 0 Å². The molecule has 3 N–H and O–H groups in total. The summed E-state index contributed by atoms with van der Waals surface area (Å²) in [7, 11) is 5.69. The molecule has 1 aromatic carbocycles. The van der Waals surface area contributed by atoms with E-state index in [4.69, 9.17) is 0 Å². The topological polar surface area (TPSA) is 109 Å². The highest BCUT2D eigenvalue weighted by molar-refractivity contribution is 7.10. The molecule has 9 nitrogen and oxygen atoms in total. The number of aromatic hydroxyl groups is 1. The number of aromatic nitrogens is 2. The molecule has 1 atom stereocenters. The first kappa shape index (κ1) is 25.0. The average Bonchev–Trinajstić information content (AvgIpc) is 3.29. The molecule has 12 heteroatoms. The number of thiophene rings is 1. The summed E-state index contributed by atoms with van der Waals surface area (Å²) in [5.74, 6) is -4.22. The molecular weight excluding hydrogens is 468 g/mol. The number of hydrogen-bond acceptors (Lipinski definition) is 7. The van der Waals surface area contributed by atoms with E-state index in [0.29, 0.717) is 6.92 Å². The van der Waals surface area contributed by atoms with Crippen LogP contribution >= 0.6 is 11.3 Å². The number of anilines is 3. The van der Waals surface area contributed by atoms with Crippen LogP contribution in [0.4, 0.5) is 25.8 Å². The number of phenols is 1. The summed E-state index contributed by atoms with van der Waals surface area (Å²) in [6.07, 6.45) is 0. The fraction of sp³-hybridized carbons (Fsp3) is 0.318. The highest BCUT2D eigenvalue weighted by Gasteiger charge is 2.38. The van der Waals surface area contributed by atoms with Crippen LogP contribution < -0.4 is 21.8 Å². The second kappa shape index (κ2) is 9.29. The van der Waals surface area contributed by atoms with Crippen molar-refractivity contribution in [2.24, 2.45) is 14.1 Å². The molecule has 3 rings (SSSR count). The first-order valence-electron chi connectivity index (χ1n) is 10.1. The zero-order valence-corrected chi connectivity index (χ0v) is 20.0. The van der Waals surface area contributed by atoms with Crippen LogP contribution in [0.2, 0.25) is 0 Å². The van der Waals surface area contributed by atoms with Crippen molar-refractivity contribution in [2.45, 2.75) is 18.9 Å². The molecule has 1 unspecified atom stereocenters. The number of amides is 1. The number of halogens is 2. The molecule has 0 bridgehead atoms. The standard InChI is InChI=1S/C22H25F2N5O4S/c1-22(23,24)18(14-10-7-11-34-14)26-16-15(20(32)28(4)29(5)21(16)33)25-13-9-6-8-12(17(13)30)19(31)27(2)3/h6-11,18,25-26,30H,1-5H3. The lowest BCUT2D eigenvalue weighted by atomic mass is 10.1. The van der Waals surface area contributed by atoms with Crippen LogP contribution in [0, 0.1) is 0 Å². The molecule has 1 amide bonds. The Balaban J connectivity index is 2.18. The summed E-state index contributed by atoms with van der Waals surface area (Å²) in [5.41, 5.74) is -2.28. The molecule has 0 aliphatic rings. The van der Waals surface area contributed by atoms with Crippen molar-refractivity contribution in [3.63, 3.8) is 0 Å². The Kier molecular flexibility index (Phi) is 6.82. The number of nitrogens with one attached hydrogen (secondary N) is 2. The minimum atomic E-state index is -3.28. The number of nitrogens with zero attached hydrogens (tertiary/aromatic N) is 3. The number of phenolic OH excluding ortho intramolecular Hbond substituents is 1. The van der Waals surface area contributed by atoms with Crippen LogP contribution in [0.15, 0.2) is 45.3 Å². The van der Waals surface area contributed by atoms with Gasteiger partial charge in [-0.1, -0.05) is 12.1 Å². The molecule has 182 valence electrons. The number of alkyl halides is 2. The number of carbonyl (C=O) groups excluding carboxylic acids is 1. The maximum Gasteiger partial charge on any atom is 0.290 e. The number of carbonyl (C=O) groups is 1. The van der Waals surface area contributed by atoms with Gasteiger partial charge in [0, 0.05) is 40.0 Å². The molecule has 0 saturated heterocycles. The molecule has 2 heterocycles. The van der Waals surface area contributed by atoms with E-state index in [0.717, 1.165) is 20.7 Å². The Labute approximate surface area is 197 Å². The van der Waals surface area contributed by atoms with Crippen LogP contribution in [0.25, 0.3) is 0 Å². The molecule has 0 spiro atoms. The van der Waals surface area contributed by atoms with Gasteiger partial charge in [-0.25, -0.2) is 18.1 Å². The van der Waals surface area contributed by atoms with Gasteiger partial charge in [0.25, 0.3) is 22.9 Å². The van der Waals surface area contributed by atoms with E-state index in [1.807, 2.05) is 0 Å². The summed E-state index contributed by atoms with van der Waals surface area (Å²) in [6, 6.07) is 5.78. The van der Waals surface area contributed by atoms with Crippen LogP contribution in [0.1, 0.15) is 28.2 Å². The van der Waals surface area contributed by atoms with Crippen LogP contribution in [-0.2, 0) is 14.1 Å². The summed E-state index contributed by atoms with van der Waals surface area (Å²) in [5, 5.41) is 17.5. The highest BCUT2D eigenvalue weighted by Crippen LogP contribution is 2.38. The van der Waals surface area contributed by atoms with Gasteiger partial charge in [-0.15, -0.1) is 11.3 Å². The van der Waals surface area contributed by atoms with E-state index < -0.39 is 40.4 Å². The molecule has 3 aromatic rings. The molecule has 0 radical (unpaired) electrons. The third kappa shape index (κ3) is 4.67. The zero-order chi connectivity index (χ0) is 25.4. The first-order chi connectivity index (χ1) is 15.8. The van der Waals surface area contributed by atoms with Gasteiger partial charge in [0.2, 0.25) is 0 Å². The molecule has 2 aromatic heterocycles. The molecular formula is C22H25F2N5O4S. The number of hydrogen-bond donors (Lipinski definition) is 3. The Morgan fingerprint density at radius 2 is 1.71 bits per heavy atom. The smallest absolute Gasteiger partial charge is 0.290 e. The van der Waals surface area contributed by atoms with Crippen LogP contribution in [0.5, 0.6) is 5.75 Å². The Bertz CT molecular complexity index is 1330. The van der Waals surface area contributed by atoms with Gasteiger partial charge in [0.05, 0.1) is 11.3 Å². The van der Waals surface area contributed by atoms with Crippen molar-refractivity contribution in [3.8, 4) is 5.75 Å². The minimum absolute atomic E-state index is 0.0401. The van der Waals surface area contributed by atoms with Gasteiger partial charge in [0.15, 0.2) is 5.75 Å². The fourth-order valence-corrected chi connectivity index (χ4v) is 4.17. The van der Waals surface area contributed by atoms with E-state index in [2.05, 4.69) is 10.6 Å². The molecule has 0 aliphatic carbocycles. The number of para-hydroxylation sites is 1. The van der Waals surface area contributed by atoms with E-state index in [-0.39, 0.29) is 21.8 Å². The lowest BCUT2D eigenvalue weighted by molar-refractivity contribution is 0.00174. The summed E-state index contributed by atoms with van der Waals surface area (Å²) in [4.78, 5) is 40.0. The van der Waals surface area contributed by atoms with Crippen LogP contribution in [-0.4, -0.2) is 45.3 Å². The monoisotopic (exact) mass is 493 g/mol. The van der Waals surface area contributed by atoms with Crippen LogP contribution in [0.3, 0.4) is 0 Å². The highest BCUT2D eigenvalue weighted by atomic mass is 32.1.